The van der Waals surface area contributed by atoms with Crippen LogP contribution in [-0.4, -0.2) is 47.8 Å². The fourth-order valence-electron chi connectivity index (χ4n) is 4.83. The third kappa shape index (κ3) is 6.36. The Morgan fingerprint density at radius 2 is 1.61 bits per heavy atom. The van der Waals surface area contributed by atoms with Gasteiger partial charge in [0.2, 0.25) is 5.91 Å². The lowest BCUT2D eigenvalue weighted by Crippen LogP contribution is -2.42. The number of carbonyl (C=O) groups is 2. The van der Waals surface area contributed by atoms with E-state index in [9.17, 15) is 9.59 Å². The zero-order valence-corrected chi connectivity index (χ0v) is 20.2. The SMILES string of the molecule is Cc1cc(NC(=O)c2ccc(CN3CCC(C(=O)N4CCCCCC4)CC3)cc2)ccc1Cl. The molecule has 2 heterocycles. The van der Waals surface area contributed by atoms with Crippen molar-refractivity contribution < 1.29 is 9.59 Å². The van der Waals surface area contributed by atoms with E-state index in [4.69, 9.17) is 11.6 Å². The zero-order chi connectivity index (χ0) is 23.2. The van der Waals surface area contributed by atoms with Crippen molar-refractivity contribution >= 4 is 29.1 Å². The molecule has 0 spiro atoms. The van der Waals surface area contributed by atoms with Gasteiger partial charge in [0.05, 0.1) is 0 Å². The highest BCUT2D eigenvalue weighted by Gasteiger charge is 2.28. The lowest BCUT2D eigenvalue weighted by molar-refractivity contribution is -0.137. The summed E-state index contributed by atoms with van der Waals surface area (Å²) in [7, 11) is 0. The van der Waals surface area contributed by atoms with Crippen molar-refractivity contribution in [3.63, 3.8) is 0 Å². The summed E-state index contributed by atoms with van der Waals surface area (Å²) in [5, 5.41) is 3.62. The first-order valence-electron chi connectivity index (χ1n) is 12.2. The van der Waals surface area contributed by atoms with E-state index in [1.165, 1.54) is 18.4 Å². The molecule has 2 aromatic carbocycles. The Kier molecular flexibility index (Phi) is 8.05. The number of aryl methyl sites for hydroxylation is 1. The van der Waals surface area contributed by atoms with Gasteiger partial charge in [-0.3, -0.25) is 14.5 Å². The Labute approximate surface area is 202 Å². The highest BCUT2D eigenvalue weighted by atomic mass is 35.5. The van der Waals surface area contributed by atoms with Crippen molar-refractivity contribution in [2.24, 2.45) is 5.92 Å². The van der Waals surface area contributed by atoms with Gasteiger partial charge in [0.25, 0.3) is 5.91 Å². The van der Waals surface area contributed by atoms with Gasteiger partial charge < -0.3 is 10.2 Å². The molecule has 6 heteroatoms. The van der Waals surface area contributed by atoms with Crippen LogP contribution in [0.3, 0.4) is 0 Å². The van der Waals surface area contributed by atoms with E-state index in [1.807, 2.05) is 43.3 Å². The van der Waals surface area contributed by atoms with Crippen molar-refractivity contribution in [2.45, 2.75) is 52.0 Å². The summed E-state index contributed by atoms with van der Waals surface area (Å²) in [6.45, 7) is 6.54. The second-order valence-corrected chi connectivity index (χ2v) is 9.81. The Hall–Kier alpha value is -2.37. The van der Waals surface area contributed by atoms with Crippen molar-refractivity contribution in [1.82, 2.24) is 9.80 Å². The van der Waals surface area contributed by atoms with Gasteiger partial charge in [0.1, 0.15) is 0 Å². The molecule has 0 radical (unpaired) electrons. The van der Waals surface area contributed by atoms with Gasteiger partial charge >= 0.3 is 0 Å². The van der Waals surface area contributed by atoms with Crippen molar-refractivity contribution in [3.8, 4) is 0 Å². The number of amides is 2. The number of hydrogen-bond donors (Lipinski definition) is 1. The van der Waals surface area contributed by atoms with Crippen LogP contribution < -0.4 is 5.32 Å². The molecule has 2 fully saturated rings. The van der Waals surface area contributed by atoms with E-state index in [2.05, 4.69) is 15.1 Å². The monoisotopic (exact) mass is 467 g/mol. The third-order valence-corrected chi connectivity index (χ3v) is 7.32. The van der Waals surface area contributed by atoms with Crippen LogP contribution >= 0.6 is 11.6 Å². The Bertz CT molecular complexity index is 960. The van der Waals surface area contributed by atoms with Crippen molar-refractivity contribution in [2.75, 3.05) is 31.5 Å². The predicted molar refractivity (Wildman–Crippen MR) is 134 cm³/mol. The third-order valence-electron chi connectivity index (χ3n) is 6.89. The molecule has 176 valence electrons. The number of nitrogens with one attached hydrogen (secondary N) is 1. The Morgan fingerprint density at radius 3 is 2.24 bits per heavy atom. The van der Waals surface area contributed by atoms with Crippen molar-refractivity contribution in [1.29, 1.82) is 0 Å². The van der Waals surface area contributed by atoms with Crippen LogP contribution in [0.2, 0.25) is 5.02 Å². The minimum atomic E-state index is -0.129. The van der Waals surface area contributed by atoms with E-state index in [0.717, 1.165) is 69.7 Å². The average Bonchev–Trinajstić information content (AvgIpc) is 3.12. The molecule has 2 amide bonds. The molecule has 33 heavy (non-hydrogen) atoms. The minimum Gasteiger partial charge on any atom is -0.342 e. The smallest absolute Gasteiger partial charge is 0.255 e. The first-order chi connectivity index (χ1) is 16.0. The number of anilines is 1. The number of carbonyl (C=O) groups excluding carboxylic acids is 2. The maximum absolute atomic E-state index is 12.9. The van der Waals surface area contributed by atoms with Crippen LogP contribution in [0.1, 0.15) is 60.0 Å². The maximum Gasteiger partial charge on any atom is 0.255 e. The fraction of sp³-hybridized carbons (Fsp3) is 0.481. The van der Waals surface area contributed by atoms with E-state index in [0.29, 0.717) is 16.5 Å². The topological polar surface area (TPSA) is 52.7 Å². The molecule has 2 aliphatic rings. The van der Waals surface area contributed by atoms with E-state index >= 15 is 0 Å². The summed E-state index contributed by atoms with van der Waals surface area (Å²) in [6.07, 6.45) is 6.69. The first kappa shape index (κ1) is 23.8. The van der Waals surface area contributed by atoms with Gasteiger partial charge in [-0.05, 0) is 87.2 Å². The summed E-state index contributed by atoms with van der Waals surface area (Å²) in [5.41, 5.74) is 3.49. The molecule has 2 aromatic rings. The summed E-state index contributed by atoms with van der Waals surface area (Å²) < 4.78 is 0. The van der Waals surface area contributed by atoms with Gasteiger partial charge in [-0.15, -0.1) is 0 Å². The molecule has 2 saturated heterocycles. The summed E-state index contributed by atoms with van der Waals surface area (Å²) in [6, 6.07) is 13.3. The van der Waals surface area contributed by atoms with Crippen LogP contribution in [0.5, 0.6) is 0 Å². The molecule has 0 bridgehead atoms. The van der Waals surface area contributed by atoms with Crippen LogP contribution in [0, 0.1) is 12.8 Å². The molecule has 0 aromatic heterocycles. The van der Waals surface area contributed by atoms with Crippen LogP contribution in [0.4, 0.5) is 5.69 Å². The molecular formula is C27H34ClN3O2. The molecule has 4 rings (SSSR count). The molecule has 0 aliphatic carbocycles. The number of hydrogen-bond acceptors (Lipinski definition) is 3. The molecule has 5 nitrogen and oxygen atoms in total. The Balaban J connectivity index is 1.26. The summed E-state index contributed by atoms with van der Waals surface area (Å²) >= 11 is 6.06. The van der Waals surface area contributed by atoms with Gasteiger partial charge in [-0.1, -0.05) is 36.6 Å². The Morgan fingerprint density at radius 1 is 0.939 bits per heavy atom. The average molecular weight is 468 g/mol. The highest BCUT2D eigenvalue weighted by Crippen LogP contribution is 2.23. The number of halogens is 1. The minimum absolute atomic E-state index is 0.129. The predicted octanol–water partition coefficient (Wildman–Crippen LogP) is 5.52. The van der Waals surface area contributed by atoms with Crippen LogP contribution in [0.25, 0.3) is 0 Å². The van der Waals surface area contributed by atoms with Gasteiger partial charge in [-0.25, -0.2) is 0 Å². The molecule has 0 saturated carbocycles. The lowest BCUT2D eigenvalue weighted by atomic mass is 9.94. The second-order valence-electron chi connectivity index (χ2n) is 9.40. The molecule has 1 N–H and O–H groups in total. The zero-order valence-electron chi connectivity index (χ0n) is 19.5. The number of nitrogens with zero attached hydrogens (tertiary/aromatic N) is 2. The molecular weight excluding hydrogens is 434 g/mol. The van der Waals surface area contributed by atoms with E-state index in [-0.39, 0.29) is 11.8 Å². The van der Waals surface area contributed by atoms with Crippen LogP contribution in [-0.2, 0) is 11.3 Å². The summed E-state index contributed by atoms with van der Waals surface area (Å²) in [4.78, 5) is 30.0. The van der Waals surface area contributed by atoms with E-state index < -0.39 is 0 Å². The second kappa shape index (κ2) is 11.2. The summed E-state index contributed by atoms with van der Waals surface area (Å²) in [5.74, 6) is 0.431. The number of likely N-dealkylation sites (tertiary alicyclic amines) is 2. The first-order valence-corrected chi connectivity index (χ1v) is 12.5. The standard InChI is InChI=1S/C27H34ClN3O2/c1-20-18-24(10-11-25(20)28)29-26(32)22-8-6-21(7-9-22)19-30-16-12-23(13-17-30)27(33)31-14-4-2-3-5-15-31/h6-11,18,23H,2-5,12-17,19H2,1H3,(H,29,32). The fourth-order valence-corrected chi connectivity index (χ4v) is 4.95. The highest BCUT2D eigenvalue weighted by molar-refractivity contribution is 6.31. The normalized spacial score (nSPS) is 18.1. The molecule has 0 unspecified atom stereocenters. The quantitative estimate of drug-likeness (QED) is 0.630. The van der Waals surface area contributed by atoms with Crippen molar-refractivity contribution in [3.05, 3.63) is 64.2 Å². The van der Waals surface area contributed by atoms with E-state index in [1.54, 1.807) is 6.07 Å². The number of rotatable bonds is 5. The lowest BCUT2D eigenvalue weighted by Gasteiger charge is -2.34. The largest absolute Gasteiger partial charge is 0.342 e. The molecule has 0 atom stereocenters. The molecule has 2 aliphatic heterocycles. The van der Waals surface area contributed by atoms with Gasteiger partial charge in [0.15, 0.2) is 0 Å². The number of piperidine rings is 1. The van der Waals surface area contributed by atoms with Crippen LogP contribution in [0.15, 0.2) is 42.5 Å². The number of benzene rings is 2. The van der Waals surface area contributed by atoms with Gasteiger partial charge in [-0.2, -0.15) is 0 Å². The maximum atomic E-state index is 12.9. The van der Waals surface area contributed by atoms with Gasteiger partial charge in [0, 0.05) is 41.8 Å².